The predicted molar refractivity (Wildman–Crippen MR) is 86.4 cm³/mol. The number of nitrogens with zero attached hydrogens (tertiary/aromatic N) is 3. The number of carbonyl (C=O) groups is 1. The zero-order chi connectivity index (χ0) is 16.7. The molecule has 0 atom stereocenters. The average Bonchev–Trinajstić information content (AvgIpc) is 2.54. The Bertz CT molecular complexity index is 589. The summed E-state index contributed by atoms with van der Waals surface area (Å²) < 4.78 is 10.7. The van der Waals surface area contributed by atoms with Gasteiger partial charge in [-0.1, -0.05) is 0 Å². The second-order valence-electron chi connectivity index (χ2n) is 4.78. The molecule has 0 bridgehead atoms. The average molecular weight is 320 g/mol. The van der Waals surface area contributed by atoms with Gasteiger partial charge >= 0.3 is 0 Å². The van der Waals surface area contributed by atoms with Crippen LogP contribution in [0.15, 0.2) is 34.3 Å². The highest BCUT2D eigenvalue weighted by atomic mass is 16.5. The van der Waals surface area contributed by atoms with Crippen molar-refractivity contribution in [1.29, 1.82) is 0 Å². The number of hydrogen-bond donors (Lipinski definition) is 3. The molecule has 1 aromatic carbocycles. The van der Waals surface area contributed by atoms with Crippen LogP contribution in [0.3, 0.4) is 0 Å². The number of carbonyl (C=O) groups excluding carboxylic acids is 1. The molecule has 9 nitrogen and oxygen atoms in total. The second-order valence-corrected chi connectivity index (χ2v) is 4.78. The fraction of sp³-hybridized carbons (Fsp3) is 0.357. The number of rotatable bonds is 4. The lowest BCUT2D eigenvalue weighted by Crippen LogP contribution is -2.42. The maximum Gasteiger partial charge on any atom is 0.260 e. The highest BCUT2D eigenvalue weighted by Gasteiger charge is 2.16. The molecule has 0 aromatic heterocycles. The third-order valence-electron chi connectivity index (χ3n) is 3.05. The summed E-state index contributed by atoms with van der Waals surface area (Å²) in [6, 6.07) is 6.75. The van der Waals surface area contributed by atoms with Crippen molar-refractivity contribution in [3.8, 4) is 5.75 Å². The minimum absolute atomic E-state index is 0.0151. The zero-order valence-electron chi connectivity index (χ0n) is 12.6. The molecule has 2 rings (SSSR count). The van der Waals surface area contributed by atoms with Crippen molar-refractivity contribution >= 4 is 23.5 Å². The van der Waals surface area contributed by atoms with Crippen LogP contribution < -0.4 is 21.9 Å². The summed E-state index contributed by atoms with van der Waals surface area (Å²) >= 11 is 0. The van der Waals surface area contributed by atoms with E-state index in [0.717, 1.165) is 0 Å². The smallest absolute Gasteiger partial charge is 0.260 e. The number of hydrogen-bond acceptors (Lipinski definition) is 4. The Labute approximate surface area is 133 Å². The summed E-state index contributed by atoms with van der Waals surface area (Å²) in [4.78, 5) is 21.3. The van der Waals surface area contributed by atoms with E-state index in [1.54, 1.807) is 29.2 Å². The fourth-order valence-corrected chi connectivity index (χ4v) is 1.96. The molecule has 0 radical (unpaired) electrons. The van der Waals surface area contributed by atoms with Crippen molar-refractivity contribution < 1.29 is 14.3 Å². The van der Waals surface area contributed by atoms with Gasteiger partial charge in [0.25, 0.3) is 5.91 Å². The monoisotopic (exact) mass is 320 g/mol. The first-order valence-corrected chi connectivity index (χ1v) is 7.07. The molecule has 9 heteroatoms. The Hall–Kier alpha value is -2.81. The largest absolute Gasteiger partial charge is 0.484 e. The molecule has 1 amide bonds. The van der Waals surface area contributed by atoms with E-state index in [1.165, 1.54) is 0 Å². The minimum Gasteiger partial charge on any atom is -0.484 e. The summed E-state index contributed by atoms with van der Waals surface area (Å²) in [5.41, 5.74) is 16.5. The first kappa shape index (κ1) is 16.6. The number of nitrogens with two attached hydrogens (primary N) is 3. The number of ether oxygens (including phenoxy) is 2. The predicted octanol–water partition coefficient (Wildman–Crippen LogP) is -0.856. The maximum absolute atomic E-state index is 12.0. The topological polar surface area (TPSA) is 142 Å². The number of morpholine rings is 1. The summed E-state index contributed by atoms with van der Waals surface area (Å²) in [5, 5.41) is 0. The van der Waals surface area contributed by atoms with E-state index in [-0.39, 0.29) is 24.4 Å². The van der Waals surface area contributed by atoms with Gasteiger partial charge in [0.2, 0.25) is 5.96 Å². The van der Waals surface area contributed by atoms with Gasteiger partial charge in [0, 0.05) is 13.1 Å². The van der Waals surface area contributed by atoms with E-state index in [0.29, 0.717) is 37.7 Å². The second kappa shape index (κ2) is 7.99. The summed E-state index contributed by atoms with van der Waals surface area (Å²) in [7, 11) is 0. The van der Waals surface area contributed by atoms with Gasteiger partial charge in [-0.05, 0) is 24.3 Å². The fourth-order valence-electron chi connectivity index (χ4n) is 1.96. The molecule has 1 heterocycles. The van der Waals surface area contributed by atoms with Gasteiger partial charge in [-0.2, -0.15) is 4.99 Å². The van der Waals surface area contributed by atoms with E-state index in [1.807, 2.05) is 0 Å². The van der Waals surface area contributed by atoms with Gasteiger partial charge in [0.15, 0.2) is 12.6 Å². The molecule has 0 saturated carbocycles. The number of guanidine groups is 2. The standard InChI is InChI=1S/C14H20N6O3/c15-13(16)19-14(17)18-10-1-3-11(4-2-10)23-9-12(21)20-5-7-22-8-6-20/h1-4H,5-9H2,(H6,15,16,17,18,19). The maximum atomic E-state index is 12.0. The third kappa shape index (κ3) is 5.47. The third-order valence-corrected chi connectivity index (χ3v) is 3.05. The van der Waals surface area contributed by atoms with Gasteiger partial charge < -0.3 is 31.6 Å². The van der Waals surface area contributed by atoms with Crippen LogP contribution in [0.25, 0.3) is 0 Å². The lowest BCUT2D eigenvalue weighted by molar-refractivity contribution is -0.137. The molecule has 0 unspecified atom stereocenters. The lowest BCUT2D eigenvalue weighted by atomic mass is 10.3. The van der Waals surface area contributed by atoms with Crippen molar-refractivity contribution in [2.45, 2.75) is 0 Å². The van der Waals surface area contributed by atoms with Gasteiger partial charge in [-0.15, -0.1) is 0 Å². The van der Waals surface area contributed by atoms with E-state index >= 15 is 0 Å². The van der Waals surface area contributed by atoms with Crippen molar-refractivity contribution in [3.05, 3.63) is 24.3 Å². The Morgan fingerprint density at radius 1 is 1.17 bits per heavy atom. The van der Waals surface area contributed by atoms with Crippen LogP contribution in [0.4, 0.5) is 5.69 Å². The Balaban J connectivity index is 1.87. The van der Waals surface area contributed by atoms with Crippen molar-refractivity contribution in [1.82, 2.24) is 4.90 Å². The van der Waals surface area contributed by atoms with Crippen LogP contribution >= 0.6 is 0 Å². The Morgan fingerprint density at radius 3 is 2.43 bits per heavy atom. The molecule has 6 N–H and O–H groups in total. The van der Waals surface area contributed by atoms with Gasteiger partial charge in [-0.25, -0.2) is 4.99 Å². The van der Waals surface area contributed by atoms with Crippen LogP contribution in [-0.2, 0) is 9.53 Å². The van der Waals surface area contributed by atoms with Crippen molar-refractivity contribution in [2.75, 3.05) is 32.9 Å². The molecular weight excluding hydrogens is 300 g/mol. The van der Waals surface area contributed by atoms with E-state index in [4.69, 9.17) is 26.7 Å². The minimum atomic E-state index is -0.159. The lowest BCUT2D eigenvalue weighted by Gasteiger charge is -2.26. The molecule has 1 aliphatic rings. The molecule has 1 saturated heterocycles. The first-order chi connectivity index (χ1) is 11.0. The van der Waals surface area contributed by atoms with Crippen LogP contribution in [-0.4, -0.2) is 55.6 Å². The summed E-state index contributed by atoms with van der Waals surface area (Å²) in [5.74, 6) is 0.298. The zero-order valence-corrected chi connectivity index (χ0v) is 12.6. The van der Waals surface area contributed by atoms with Gasteiger partial charge in [0.1, 0.15) is 5.75 Å². The Morgan fingerprint density at radius 2 is 1.83 bits per heavy atom. The number of benzene rings is 1. The number of amides is 1. The molecular formula is C14H20N6O3. The quantitative estimate of drug-likeness (QED) is 0.487. The van der Waals surface area contributed by atoms with Gasteiger partial charge in [-0.3, -0.25) is 4.79 Å². The molecule has 124 valence electrons. The molecule has 0 spiro atoms. The van der Waals surface area contributed by atoms with E-state index in [2.05, 4.69) is 9.98 Å². The van der Waals surface area contributed by atoms with E-state index < -0.39 is 0 Å². The van der Waals surface area contributed by atoms with Crippen molar-refractivity contribution in [2.24, 2.45) is 27.2 Å². The number of aliphatic imine (C=N–C) groups is 2. The SMILES string of the molecule is NC(N)=NC(N)=Nc1ccc(OCC(=O)N2CCOCC2)cc1. The highest BCUT2D eigenvalue weighted by molar-refractivity contribution is 5.93. The summed E-state index contributed by atoms with van der Waals surface area (Å²) in [6.45, 7) is 2.31. The molecule has 1 aromatic rings. The first-order valence-electron chi connectivity index (χ1n) is 7.07. The van der Waals surface area contributed by atoms with Crippen LogP contribution in [0.2, 0.25) is 0 Å². The molecule has 1 aliphatic heterocycles. The highest BCUT2D eigenvalue weighted by Crippen LogP contribution is 2.18. The molecule has 23 heavy (non-hydrogen) atoms. The van der Waals surface area contributed by atoms with Crippen LogP contribution in [0, 0.1) is 0 Å². The van der Waals surface area contributed by atoms with Crippen molar-refractivity contribution in [3.63, 3.8) is 0 Å². The molecule has 1 fully saturated rings. The molecule has 0 aliphatic carbocycles. The van der Waals surface area contributed by atoms with Crippen LogP contribution in [0.5, 0.6) is 5.75 Å². The normalized spacial score (nSPS) is 15.1. The van der Waals surface area contributed by atoms with Crippen LogP contribution in [0.1, 0.15) is 0 Å². The van der Waals surface area contributed by atoms with E-state index in [9.17, 15) is 4.79 Å². The van der Waals surface area contributed by atoms with Gasteiger partial charge in [0.05, 0.1) is 18.9 Å². The Kier molecular flexibility index (Phi) is 5.75. The summed E-state index contributed by atoms with van der Waals surface area (Å²) in [6.07, 6.45) is 0.